The van der Waals surface area contributed by atoms with Crippen LogP contribution in [-0.2, 0) is 10.8 Å². The van der Waals surface area contributed by atoms with E-state index in [-0.39, 0.29) is 10.8 Å². The summed E-state index contributed by atoms with van der Waals surface area (Å²) < 4.78 is 0. The minimum Gasteiger partial charge on any atom is -0.241 e. The SMILES string of the molecule is C1#CCCCCCC1.CC.CC1(C)CCC(C)(C)c2cc(-c3csc(C4CCCCCCC4)n3)ccc21.CCCCCC. The number of aromatic nitrogens is 1. The average molecular weight is 606 g/mol. The molecule has 0 saturated heterocycles. The second kappa shape index (κ2) is 20.4. The second-order valence-corrected chi connectivity index (χ2v) is 15.0. The van der Waals surface area contributed by atoms with Gasteiger partial charge < -0.3 is 0 Å². The Hall–Kier alpha value is -1.59. The minimum atomic E-state index is 0.263. The molecule has 0 unspecified atom stereocenters. The Bertz CT molecular complexity index is 1050. The first-order valence-electron chi connectivity index (χ1n) is 18.3. The summed E-state index contributed by atoms with van der Waals surface area (Å²) >= 11 is 1.89. The van der Waals surface area contributed by atoms with Gasteiger partial charge >= 0.3 is 0 Å². The summed E-state index contributed by atoms with van der Waals surface area (Å²) in [5.41, 5.74) is 6.14. The molecular weight excluding hydrogens is 539 g/mol. The van der Waals surface area contributed by atoms with Crippen LogP contribution in [0.1, 0.15) is 199 Å². The topological polar surface area (TPSA) is 12.9 Å². The maximum Gasteiger partial charge on any atom is 0.0963 e. The molecule has 0 bridgehead atoms. The van der Waals surface area contributed by atoms with Gasteiger partial charge in [0.05, 0.1) is 10.7 Å². The molecule has 2 heteroatoms. The largest absolute Gasteiger partial charge is 0.241 e. The highest BCUT2D eigenvalue weighted by Crippen LogP contribution is 2.47. The van der Waals surface area contributed by atoms with E-state index in [9.17, 15) is 0 Å². The fourth-order valence-electron chi connectivity index (χ4n) is 6.52. The molecule has 1 nitrogen and oxygen atoms in total. The van der Waals surface area contributed by atoms with Crippen molar-refractivity contribution >= 4 is 11.3 Å². The first-order chi connectivity index (χ1) is 20.8. The van der Waals surface area contributed by atoms with Gasteiger partial charge in [0.25, 0.3) is 0 Å². The lowest BCUT2D eigenvalue weighted by Gasteiger charge is -2.42. The molecule has 0 amide bonds. The zero-order valence-corrected chi connectivity index (χ0v) is 30.5. The van der Waals surface area contributed by atoms with Crippen molar-refractivity contribution in [1.82, 2.24) is 4.98 Å². The van der Waals surface area contributed by atoms with Crippen LogP contribution in [0.25, 0.3) is 11.3 Å². The number of fused-ring (bicyclic) bond motifs is 1. The molecule has 1 aromatic heterocycles. The zero-order valence-electron chi connectivity index (χ0n) is 29.7. The summed E-state index contributed by atoms with van der Waals surface area (Å²) in [6, 6.07) is 7.16. The lowest BCUT2D eigenvalue weighted by atomic mass is 9.63. The van der Waals surface area contributed by atoms with Gasteiger partial charge in [0.1, 0.15) is 0 Å². The van der Waals surface area contributed by atoms with E-state index in [1.165, 1.54) is 137 Å². The van der Waals surface area contributed by atoms with E-state index in [1.807, 2.05) is 25.2 Å². The highest BCUT2D eigenvalue weighted by atomic mass is 32.1. The van der Waals surface area contributed by atoms with Gasteiger partial charge in [0.2, 0.25) is 0 Å². The Labute approximate surface area is 272 Å². The number of nitrogens with zero attached hydrogens (tertiary/aromatic N) is 1. The summed E-state index contributed by atoms with van der Waals surface area (Å²) in [7, 11) is 0. The van der Waals surface area contributed by atoms with Crippen LogP contribution < -0.4 is 0 Å². The first-order valence-corrected chi connectivity index (χ1v) is 19.2. The van der Waals surface area contributed by atoms with Gasteiger partial charge in [-0.3, -0.25) is 0 Å². The predicted molar refractivity (Wildman–Crippen MR) is 195 cm³/mol. The molecule has 242 valence electrons. The molecule has 3 aliphatic rings. The predicted octanol–water partition coefficient (Wildman–Crippen LogP) is 13.9. The van der Waals surface area contributed by atoms with Crippen LogP contribution in [0.4, 0.5) is 0 Å². The lowest BCUT2D eigenvalue weighted by molar-refractivity contribution is 0.332. The van der Waals surface area contributed by atoms with Gasteiger partial charge in [-0.05, 0) is 66.5 Å². The lowest BCUT2D eigenvalue weighted by Crippen LogP contribution is -2.33. The van der Waals surface area contributed by atoms with Crippen LogP contribution in [-0.4, -0.2) is 4.98 Å². The van der Waals surface area contributed by atoms with Crippen LogP contribution >= 0.6 is 11.3 Å². The summed E-state index contributed by atoms with van der Waals surface area (Å²) in [6.45, 7) is 18.1. The Morgan fingerprint density at radius 1 is 0.721 bits per heavy atom. The third kappa shape index (κ3) is 12.7. The van der Waals surface area contributed by atoms with Gasteiger partial charge in [-0.15, -0.1) is 23.2 Å². The van der Waals surface area contributed by atoms with Gasteiger partial charge in [0.15, 0.2) is 0 Å². The van der Waals surface area contributed by atoms with Crippen molar-refractivity contribution in [3.63, 3.8) is 0 Å². The molecule has 43 heavy (non-hydrogen) atoms. The van der Waals surface area contributed by atoms with E-state index >= 15 is 0 Å². The van der Waals surface area contributed by atoms with E-state index in [4.69, 9.17) is 4.98 Å². The molecular formula is C41H67NS. The molecule has 0 aliphatic heterocycles. The average Bonchev–Trinajstić information content (AvgIpc) is 3.46. The van der Waals surface area contributed by atoms with Crippen LogP contribution in [0.2, 0.25) is 0 Å². The van der Waals surface area contributed by atoms with Gasteiger partial charge in [-0.2, -0.15) is 0 Å². The Kier molecular flexibility index (Phi) is 17.9. The van der Waals surface area contributed by atoms with Crippen molar-refractivity contribution in [2.45, 2.75) is 194 Å². The first kappa shape index (κ1) is 37.6. The highest BCUT2D eigenvalue weighted by Gasteiger charge is 2.37. The van der Waals surface area contributed by atoms with Crippen molar-refractivity contribution in [3.8, 4) is 23.1 Å². The van der Waals surface area contributed by atoms with E-state index in [2.05, 4.69) is 77.0 Å². The number of benzene rings is 1. The van der Waals surface area contributed by atoms with Crippen molar-refractivity contribution in [2.75, 3.05) is 0 Å². The number of unbranched alkanes of at least 4 members (excludes halogenated alkanes) is 3. The fourth-order valence-corrected chi connectivity index (χ4v) is 7.52. The van der Waals surface area contributed by atoms with E-state index in [1.54, 1.807) is 0 Å². The van der Waals surface area contributed by atoms with Crippen molar-refractivity contribution in [1.29, 1.82) is 0 Å². The number of thiazole rings is 1. The number of hydrogen-bond acceptors (Lipinski definition) is 2. The molecule has 0 spiro atoms. The molecule has 0 radical (unpaired) electrons. The van der Waals surface area contributed by atoms with Crippen LogP contribution in [0.15, 0.2) is 23.6 Å². The maximum absolute atomic E-state index is 5.13. The van der Waals surface area contributed by atoms with E-state index < -0.39 is 0 Å². The van der Waals surface area contributed by atoms with Crippen molar-refractivity contribution < 1.29 is 0 Å². The molecule has 1 fully saturated rings. The van der Waals surface area contributed by atoms with Crippen LogP contribution in [0.3, 0.4) is 0 Å². The Morgan fingerprint density at radius 3 is 1.79 bits per heavy atom. The minimum absolute atomic E-state index is 0.263. The summed E-state index contributed by atoms with van der Waals surface area (Å²) in [5.74, 6) is 6.97. The van der Waals surface area contributed by atoms with Gasteiger partial charge in [-0.25, -0.2) is 4.98 Å². The standard InChI is InChI=1S/C25H35NS.C8H12.C6H14.C2H6/c1-24(2)14-15-25(3,4)21-16-19(12-13-20(21)24)22-17-27-23(26-22)18-10-8-6-5-7-9-11-18;1-2-4-6-8-7-5-3-1;1-3-5-6-4-2;1-2/h12-13,16-18H,5-11,14-15H2,1-4H3;1-6H2;3-6H2,1-2H3;1-2H3. The van der Waals surface area contributed by atoms with E-state index in [0.29, 0.717) is 5.92 Å². The molecule has 1 aromatic carbocycles. The van der Waals surface area contributed by atoms with E-state index in [0.717, 1.165) is 12.8 Å². The summed E-state index contributed by atoms with van der Waals surface area (Å²) in [6.07, 6.45) is 25.5. The van der Waals surface area contributed by atoms with Crippen molar-refractivity contribution in [2.24, 2.45) is 0 Å². The van der Waals surface area contributed by atoms with Gasteiger partial charge in [0, 0.05) is 29.7 Å². The molecule has 0 atom stereocenters. The molecule has 1 heterocycles. The van der Waals surface area contributed by atoms with Gasteiger partial charge in [-0.1, -0.05) is 138 Å². The zero-order chi connectivity index (χ0) is 31.6. The third-order valence-corrected chi connectivity index (χ3v) is 10.6. The molecule has 1 saturated carbocycles. The molecule has 3 aliphatic carbocycles. The monoisotopic (exact) mass is 605 g/mol. The molecule has 0 N–H and O–H groups in total. The Balaban J connectivity index is 0.000000332. The fraction of sp³-hybridized carbons (Fsp3) is 0.732. The van der Waals surface area contributed by atoms with Crippen LogP contribution in [0.5, 0.6) is 0 Å². The number of hydrogen-bond donors (Lipinski definition) is 0. The normalized spacial score (nSPS) is 19.3. The summed E-state index contributed by atoms with van der Waals surface area (Å²) in [4.78, 5) is 5.13. The number of rotatable bonds is 5. The van der Waals surface area contributed by atoms with Crippen molar-refractivity contribution in [3.05, 3.63) is 39.7 Å². The smallest absolute Gasteiger partial charge is 0.0963 e. The molecule has 5 rings (SSSR count). The Morgan fingerprint density at radius 2 is 1.23 bits per heavy atom. The second-order valence-electron chi connectivity index (χ2n) is 14.1. The molecule has 2 aromatic rings. The highest BCUT2D eigenvalue weighted by molar-refractivity contribution is 7.10. The summed E-state index contributed by atoms with van der Waals surface area (Å²) in [5, 5.41) is 3.68. The third-order valence-electron chi connectivity index (χ3n) is 9.56. The quantitative estimate of drug-likeness (QED) is 0.244. The van der Waals surface area contributed by atoms with Crippen LogP contribution in [0, 0.1) is 11.8 Å². The maximum atomic E-state index is 5.13.